The Kier molecular flexibility index (Phi) is 7.52. The zero-order valence-electron chi connectivity index (χ0n) is 22.7. The van der Waals surface area contributed by atoms with Crippen molar-refractivity contribution in [3.63, 3.8) is 0 Å². The first-order valence-electron chi connectivity index (χ1n) is 12.7. The summed E-state index contributed by atoms with van der Waals surface area (Å²) in [7, 11) is 3.37. The Morgan fingerprint density at radius 3 is 2.50 bits per heavy atom. The van der Waals surface area contributed by atoms with E-state index in [1.165, 1.54) is 4.90 Å². The van der Waals surface area contributed by atoms with Crippen molar-refractivity contribution < 1.29 is 14.4 Å². The lowest BCUT2D eigenvalue weighted by molar-refractivity contribution is -0.156. The summed E-state index contributed by atoms with van der Waals surface area (Å²) in [6, 6.07) is 7.68. The molecule has 1 saturated heterocycles. The predicted molar refractivity (Wildman–Crippen MR) is 145 cm³/mol. The summed E-state index contributed by atoms with van der Waals surface area (Å²) in [5.41, 5.74) is 10.6. The van der Waals surface area contributed by atoms with Crippen LogP contribution in [0.4, 0.5) is 16.6 Å². The molecule has 2 aromatic heterocycles. The van der Waals surface area contributed by atoms with Crippen LogP contribution in [0.25, 0.3) is 0 Å². The lowest BCUT2D eigenvalue weighted by Crippen LogP contribution is -2.70. The van der Waals surface area contributed by atoms with Crippen molar-refractivity contribution in [3.8, 4) is 0 Å². The molecule has 0 radical (unpaired) electrons. The average molecular weight is 518 g/mol. The summed E-state index contributed by atoms with van der Waals surface area (Å²) in [5, 5.41) is 2.98. The molecule has 3 aromatic rings. The number of nitrogen functional groups attached to an aromatic ring is 1. The third kappa shape index (κ3) is 5.11. The van der Waals surface area contributed by atoms with Crippen LogP contribution in [0.15, 0.2) is 42.7 Å². The van der Waals surface area contributed by atoms with Crippen LogP contribution in [0.2, 0.25) is 0 Å². The number of carbonyl (C=O) groups excluding carboxylic acids is 3. The Morgan fingerprint density at radius 2 is 1.89 bits per heavy atom. The molecule has 10 nitrogen and oxygen atoms in total. The van der Waals surface area contributed by atoms with Crippen LogP contribution in [0.1, 0.15) is 47.3 Å². The van der Waals surface area contributed by atoms with Gasteiger partial charge in [0.1, 0.15) is 11.9 Å². The van der Waals surface area contributed by atoms with E-state index in [1.807, 2.05) is 52.0 Å². The zero-order chi connectivity index (χ0) is 27.7. The molecule has 0 spiro atoms. The molecule has 3 heterocycles. The van der Waals surface area contributed by atoms with E-state index in [0.717, 1.165) is 27.2 Å². The third-order valence-electron chi connectivity index (χ3n) is 7.24. The fourth-order valence-corrected chi connectivity index (χ4v) is 5.00. The van der Waals surface area contributed by atoms with Gasteiger partial charge >= 0.3 is 6.03 Å². The van der Waals surface area contributed by atoms with E-state index in [-0.39, 0.29) is 12.5 Å². The van der Waals surface area contributed by atoms with Crippen LogP contribution in [0, 0.1) is 26.7 Å². The summed E-state index contributed by atoms with van der Waals surface area (Å²) < 4.78 is 1.71. The summed E-state index contributed by atoms with van der Waals surface area (Å²) in [4.78, 5) is 51.5. The number of aryl methyl sites for hydroxylation is 4. The lowest BCUT2D eigenvalue weighted by atomic mass is 9.81. The average Bonchev–Trinajstić information content (AvgIpc) is 3.30. The Balaban J connectivity index is 1.62. The second-order valence-electron chi connectivity index (χ2n) is 9.99. The van der Waals surface area contributed by atoms with Crippen LogP contribution >= 0.6 is 0 Å². The summed E-state index contributed by atoms with van der Waals surface area (Å²) >= 11 is 0. The maximum Gasteiger partial charge on any atom is 0.325 e. The zero-order valence-corrected chi connectivity index (χ0v) is 22.7. The molecule has 3 atom stereocenters. The predicted octanol–water partition coefficient (Wildman–Crippen LogP) is 3.22. The Labute approximate surface area is 222 Å². The fraction of sp³-hybridized carbons (Fsp3) is 0.393. The van der Waals surface area contributed by atoms with Crippen molar-refractivity contribution >= 4 is 29.6 Å². The SMILES string of the molecule is CCC(NC(=O)N1C(=O)[C@H](Cc2cc(C)nc(N)c2)[C@H]1C(=O)N(C)c1nccn1C)c1ccc(C)c(C)c1. The Bertz CT molecular complexity index is 1360. The van der Waals surface area contributed by atoms with Gasteiger partial charge in [-0.15, -0.1) is 0 Å². The van der Waals surface area contributed by atoms with Crippen LogP contribution in [0.3, 0.4) is 0 Å². The first kappa shape index (κ1) is 26.8. The highest BCUT2D eigenvalue weighted by Crippen LogP contribution is 2.33. The number of pyridine rings is 1. The van der Waals surface area contributed by atoms with E-state index in [1.54, 1.807) is 37.1 Å². The molecular formula is C28H35N7O3. The number of benzene rings is 1. The maximum absolute atomic E-state index is 13.7. The first-order valence-corrected chi connectivity index (χ1v) is 12.7. The van der Waals surface area contributed by atoms with E-state index in [4.69, 9.17) is 5.73 Å². The number of amides is 4. The van der Waals surface area contributed by atoms with Crippen LogP contribution < -0.4 is 16.0 Å². The van der Waals surface area contributed by atoms with Crippen LogP contribution in [0.5, 0.6) is 0 Å². The van der Waals surface area contributed by atoms with E-state index in [2.05, 4.69) is 15.3 Å². The van der Waals surface area contributed by atoms with Crippen molar-refractivity contribution in [2.75, 3.05) is 17.7 Å². The first-order chi connectivity index (χ1) is 18.0. The molecule has 4 amide bonds. The number of hydrogen-bond donors (Lipinski definition) is 2. The molecule has 10 heteroatoms. The van der Waals surface area contributed by atoms with Crippen molar-refractivity contribution in [2.24, 2.45) is 13.0 Å². The number of anilines is 2. The molecule has 4 rings (SSSR count). The van der Waals surface area contributed by atoms with Gasteiger partial charge in [-0.25, -0.2) is 14.8 Å². The molecule has 3 N–H and O–H groups in total. The van der Waals surface area contributed by atoms with Gasteiger partial charge in [-0.2, -0.15) is 0 Å². The highest BCUT2D eigenvalue weighted by atomic mass is 16.2. The van der Waals surface area contributed by atoms with Gasteiger partial charge < -0.3 is 15.6 Å². The molecule has 1 aliphatic rings. The highest BCUT2D eigenvalue weighted by Gasteiger charge is 2.55. The van der Waals surface area contributed by atoms with Crippen molar-refractivity contribution in [1.82, 2.24) is 24.8 Å². The number of nitrogens with one attached hydrogen (secondary N) is 1. The maximum atomic E-state index is 13.7. The smallest absolute Gasteiger partial charge is 0.325 e. The summed E-state index contributed by atoms with van der Waals surface area (Å²) in [5.74, 6) is -0.763. The van der Waals surface area contributed by atoms with Crippen LogP contribution in [-0.4, -0.2) is 50.4 Å². The van der Waals surface area contributed by atoms with Crippen molar-refractivity contribution in [2.45, 2.75) is 52.6 Å². The van der Waals surface area contributed by atoms with Crippen molar-refractivity contribution in [3.05, 3.63) is 70.7 Å². The van der Waals surface area contributed by atoms with E-state index >= 15 is 0 Å². The molecule has 1 unspecified atom stereocenters. The molecule has 1 aliphatic heterocycles. The second kappa shape index (κ2) is 10.6. The third-order valence-corrected chi connectivity index (χ3v) is 7.24. The number of nitrogens with zero attached hydrogens (tertiary/aromatic N) is 5. The lowest BCUT2D eigenvalue weighted by Gasteiger charge is -2.45. The van der Waals surface area contributed by atoms with Gasteiger partial charge in [0, 0.05) is 32.2 Å². The summed E-state index contributed by atoms with van der Waals surface area (Å²) in [6.45, 7) is 7.84. The number of nitrogens with two attached hydrogens (primary N) is 1. The van der Waals surface area contributed by atoms with Gasteiger partial charge in [0.15, 0.2) is 0 Å². The van der Waals surface area contributed by atoms with E-state index in [9.17, 15) is 14.4 Å². The summed E-state index contributed by atoms with van der Waals surface area (Å²) in [6.07, 6.45) is 4.20. The monoisotopic (exact) mass is 517 g/mol. The van der Waals surface area contributed by atoms with E-state index < -0.39 is 29.8 Å². The fourth-order valence-electron chi connectivity index (χ4n) is 5.00. The minimum absolute atomic E-state index is 0.259. The molecule has 200 valence electrons. The number of carbonyl (C=O) groups is 3. The highest BCUT2D eigenvalue weighted by molar-refractivity contribution is 6.12. The van der Waals surface area contributed by atoms with Gasteiger partial charge in [-0.3, -0.25) is 19.4 Å². The van der Waals surface area contributed by atoms with Gasteiger partial charge in [0.25, 0.3) is 5.91 Å². The molecular weight excluding hydrogens is 482 g/mol. The molecule has 1 aromatic carbocycles. The minimum atomic E-state index is -0.990. The molecule has 0 aliphatic carbocycles. The Hall–Kier alpha value is -4.21. The topological polar surface area (TPSA) is 126 Å². The van der Waals surface area contributed by atoms with Gasteiger partial charge in [-0.05, 0) is 68.0 Å². The number of likely N-dealkylation sites (N-methyl/N-ethyl adjacent to an activating group) is 1. The van der Waals surface area contributed by atoms with Gasteiger partial charge in [-0.1, -0.05) is 25.1 Å². The number of β-lactam (4-membered cyclic amide) rings is 1. The van der Waals surface area contributed by atoms with Gasteiger partial charge in [0.2, 0.25) is 11.9 Å². The normalized spacial score (nSPS) is 17.6. The minimum Gasteiger partial charge on any atom is -0.384 e. The second-order valence-corrected chi connectivity index (χ2v) is 9.99. The molecule has 0 bridgehead atoms. The van der Waals surface area contributed by atoms with Crippen LogP contribution in [-0.2, 0) is 23.1 Å². The number of aromatic nitrogens is 3. The largest absolute Gasteiger partial charge is 0.384 e. The van der Waals surface area contributed by atoms with Gasteiger partial charge in [0.05, 0.1) is 12.0 Å². The number of hydrogen-bond acceptors (Lipinski definition) is 6. The quantitative estimate of drug-likeness (QED) is 0.464. The van der Waals surface area contributed by atoms with E-state index in [0.29, 0.717) is 23.9 Å². The number of urea groups is 1. The number of imidazole rings is 1. The molecule has 1 fully saturated rings. The number of rotatable bonds is 7. The van der Waals surface area contributed by atoms with Crippen molar-refractivity contribution in [1.29, 1.82) is 0 Å². The standard InChI is InChI=1S/C28H35N7O3/c1-7-22(20-9-8-16(2)17(3)12-20)32-28(38)35-24(26(37)34(6)27-30-10-11-33(27)5)21(25(35)36)14-19-13-18(4)31-23(29)15-19/h8-13,15,21-22,24H,7,14H2,1-6H3,(H2,29,31)(H,32,38)/t21-,22?,24+/m1/s1. The Morgan fingerprint density at radius 1 is 1.16 bits per heavy atom. The number of imide groups is 1. The molecule has 38 heavy (non-hydrogen) atoms. The molecule has 0 saturated carbocycles. The number of likely N-dealkylation sites (tertiary alicyclic amines) is 1.